The zero-order valence-corrected chi connectivity index (χ0v) is 10.8. The number of hydrogen-bond acceptors (Lipinski definition) is 2. The molecule has 2 nitrogen and oxygen atoms in total. The van der Waals surface area contributed by atoms with Crippen molar-refractivity contribution >= 4 is 9.84 Å². The van der Waals surface area contributed by atoms with Crippen molar-refractivity contribution in [3.63, 3.8) is 0 Å². The van der Waals surface area contributed by atoms with Crippen molar-refractivity contribution < 1.29 is 27.3 Å². The van der Waals surface area contributed by atoms with Crippen molar-refractivity contribution in [2.45, 2.75) is 37.5 Å². The summed E-state index contributed by atoms with van der Waals surface area (Å²) in [5, 5.41) is 0. The van der Waals surface area contributed by atoms with E-state index in [1.165, 1.54) is 5.75 Å². The van der Waals surface area contributed by atoms with Gasteiger partial charge in [-0.15, -0.1) is 0 Å². The standard InChI is InChI=1S/C12H17O2S.Li/c1-2-3-4-8-11-15(13,14)12-9-6-5-7-10-12;/h5-7,9-11H,2-4,8H2,1H3;/q-1;+1. The van der Waals surface area contributed by atoms with E-state index in [-0.39, 0.29) is 18.9 Å². The minimum absolute atomic E-state index is 0. The molecule has 1 rings (SSSR count). The fourth-order valence-corrected chi connectivity index (χ4v) is 2.55. The second kappa shape index (κ2) is 7.95. The van der Waals surface area contributed by atoms with Crippen molar-refractivity contribution in [2.24, 2.45) is 0 Å². The summed E-state index contributed by atoms with van der Waals surface area (Å²) in [5.41, 5.74) is 0. The molecule has 16 heavy (non-hydrogen) atoms. The predicted octanol–water partition coefficient (Wildman–Crippen LogP) is 0.206. The van der Waals surface area contributed by atoms with Crippen LogP contribution in [0.3, 0.4) is 0 Å². The van der Waals surface area contributed by atoms with Crippen LogP contribution in [-0.2, 0) is 9.84 Å². The van der Waals surface area contributed by atoms with E-state index < -0.39 is 9.84 Å². The first-order valence-corrected chi connectivity index (χ1v) is 6.85. The van der Waals surface area contributed by atoms with Crippen LogP contribution in [-0.4, -0.2) is 8.42 Å². The van der Waals surface area contributed by atoms with Gasteiger partial charge in [-0.2, -0.15) is 6.42 Å². The van der Waals surface area contributed by atoms with Crippen molar-refractivity contribution in [1.29, 1.82) is 0 Å². The largest absolute Gasteiger partial charge is 1.00 e. The van der Waals surface area contributed by atoms with Gasteiger partial charge >= 0.3 is 18.9 Å². The number of hydrogen-bond donors (Lipinski definition) is 0. The Morgan fingerprint density at radius 3 is 2.31 bits per heavy atom. The Morgan fingerprint density at radius 1 is 1.12 bits per heavy atom. The number of rotatable bonds is 6. The van der Waals surface area contributed by atoms with Crippen LogP contribution in [0.2, 0.25) is 0 Å². The quantitative estimate of drug-likeness (QED) is 0.399. The second-order valence-electron chi connectivity index (χ2n) is 3.52. The van der Waals surface area contributed by atoms with E-state index >= 15 is 0 Å². The summed E-state index contributed by atoms with van der Waals surface area (Å²) in [7, 11) is -3.17. The Hall–Kier alpha value is -0.233. The number of sulfone groups is 1. The van der Waals surface area contributed by atoms with Gasteiger partial charge in [0.25, 0.3) is 0 Å². The van der Waals surface area contributed by atoms with Crippen molar-refractivity contribution in [3.05, 3.63) is 36.1 Å². The summed E-state index contributed by atoms with van der Waals surface area (Å²) >= 11 is 0. The van der Waals surface area contributed by atoms with Crippen LogP contribution >= 0.6 is 0 Å². The van der Waals surface area contributed by atoms with Gasteiger partial charge in [0.05, 0.1) is 9.84 Å². The summed E-state index contributed by atoms with van der Waals surface area (Å²) < 4.78 is 23.5. The Morgan fingerprint density at radius 2 is 1.75 bits per heavy atom. The molecule has 0 aliphatic carbocycles. The average Bonchev–Trinajstić information content (AvgIpc) is 2.26. The van der Waals surface area contributed by atoms with Crippen LogP contribution in [0.4, 0.5) is 0 Å². The van der Waals surface area contributed by atoms with E-state index in [1.54, 1.807) is 24.3 Å². The molecule has 0 amide bonds. The third-order valence-electron chi connectivity index (χ3n) is 2.22. The van der Waals surface area contributed by atoms with Crippen molar-refractivity contribution in [1.82, 2.24) is 0 Å². The number of benzene rings is 1. The molecule has 0 aliphatic rings. The van der Waals surface area contributed by atoms with E-state index in [2.05, 4.69) is 6.92 Å². The summed E-state index contributed by atoms with van der Waals surface area (Å²) in [6.07, 6.45) is 3.79. The summed E-state index contributed by atoms with van der Waals surface area (Å²) in [4.78, 5) is 0.390. The molecule has 0 aliphatic heterocycles. The molecule has 0 fully saturated rings. The van der Waals surface area contributed by atoms with Crippen LogP contribution in [0.5, 0.6) is 0 Å². The fourth-order valence-electron chi connectivity index (χ4n) is 1.34. The Labute approximate surface area is 111 Å². The Bertz CT molecular complexity index is 373. The minimum atomic E-state index is -3.17. The molecule has 0 saturated carbocycles. The van der Waals surface area contributed by atoms with Crippen molar-refractivity contribution in [3.8, 4) is 0 Å². The fraction of sp³-hybridized carbons (Fsp3) is 0.417. The molecular formula is C12H17LiO2S. The van der Waals surface area contributed by atoms with E-state index in [1.807, 2.05) is 6.07 Å². The Balaban J connectivity index is 0.00000225. The third-order valence-corrected chi connectivity index (χ3v) is 3.82. The van der Waals surface area contributed by atoms with Gasteiger partial charge in [-0.1, -0.05) is 44.4 Å². The molecule has 0 spiro atoms. The first kappa shape index (κ1) is 15.8. The van der Waals surface area contributed by atoms with Gasteiger partial charge in [0.15, 0.2) is 0 Å². The van der Waals surface area contributed by atoms with Gasteiger partial charge in [-0.25, -0.2) is 5.75 Å². The third kappa shape index (κ3) is 5.20. The molecule has 0 N–H and O–H groups in total. The van der Waals surface area contributed by atoms with E-state index in [0.29, 0.717) is 11.3 Å². The first-order valence-electron chi connectivity index (χ1n) is 5.30. The molecular weight excluding hydrogens is 215 g/mol. The van der Waals surface area contributed by atoms with Crippen LogP contribution in [0.25, 0.3) is 0 Å². The van der Waals surface area contributed by atoms with Gasteiger partial charge in [0.1, 0.15) is 0 Å². The maximum Gasteiger partial charge on any atom is 1.00 e. The normalized spacial score (nSPS) is 10.8. The summed E-state index contributed by atoms with van der Waals surface area (Å²) in [6.45, 7) is 2.10. The molecule has 0 radical (unpaired) electrons. The van der Waals surface area contributed by atoms with E-state index in [0.717, 1.165) is 19.3 Å². The SMILES string of the molecule is CCCCC[CH-]S(=O)(=O)c1ccccc1.[Li+]. The zero-order valence-electron chi connectivity index (χ0n) is 10.0. The molecule has 0 unspecified atom stereocenters. The molecule has 1 aromatic carbocycles. The van der Waals surface area contributed by atoms with Gasteiger partial charge in [0.2, 0.25) is 0 Å². The molecule has 4 heteroatoms. The van der Waals surface area contributed by atoms with Gasteiger partial charge in [-0.3, -0.25) is 8.42 Å². The van der Waals surface area contributed by atoms with Crippen LogP contribution in [0.1, 0.15) is 32.6 Å². The molecule has 0 atom stereocenters. The summed E-state index contributed by atoms with van der Waals surface area (Å²) in [6, 6.07) is 8.56. The Kier molecular flexibility index (Phi) is 7.83. The predicted molar refractivity (Wildman–Crippen MR) is 62.1 cm³/mol. The average molecular weight is 232 g/mol. The van der Waals surface area contributed by atoms with Crippen LogP contribution in [0.15, 0.2) is 35.2 Å². The van der Waals surface area contributed by atoms with E-state index in [9.17, 15) is 8.42 Å². The monoisotopic (exact) mass is 232 g/mol. The summed E-state index contributed by atoms with van der Waals surface area (Å²) in [5.74, 6) is 1.43. The van der Waals surface area contributed by atoms with Gasteiger partial charge < -0.3 is 0 Å². The van der Waals surface area contributed by atoms with Crippen molar-refractivity contribution in [2.75, 3.05) is 0 Å². The minimum Gasteiger partial charge on any atom is -0.257 e. The van der Waals surface area contributed by atoms with Gasteiger partial charge in [0, 0.05) is 4.90 Å². The van der Waals surface area contributed by atoms with Crippen LogP contribution in [0, 0.1) is 5.75 Å². The molecule has 0 saturated heterocycles. The maximum atomic E-state index is 11.7. The van der Waals surface area contributed by atoms with E-state index in [4.69, 9.17) is 0 Å². The second-order valence-corrected chi connectivity index (χ2v) is 5.42. The zero-order chi connectivity index (χ0) is 11.1. The van der Waals surface area contributed by atoms with Gasteiger partial charge in [-0.05, 0) is 12.1 Å². The molecule has 0 bridgehead atoms. The number of unbranched alkanes of at least 4 members (excludes halogenated alkanes) is 3. The maximum absolute atomic E-state index is 11.7. The molecule has 1 aromatic rings. The molecule has 0 heterocycles. The van der Waals surface area contributed by atoms with Crippen LogP contribution < -0.4 is 18.9 Å². The molecule has 0 aromatic heterocycles. The smallest absolute Gasteiger partial charge is 0.257 e. The first-order chi connectivity index (χ1) is 7.17. The topological polar surface area (TPSA) is 34.1 Å². The molecule has 84 valence electrons.